The topological polar surface area (TPSA) is 18.5 Å². The van der Waals surface area contributed by atoms with E-state index in [9.17, 15) is 0 Å². The summed E-state index contributed by atoms with van der Waals surface area (Å²) in [7, 11) is 4.20. The first kappa shape index (κ1) is 14.0. The Morgan fingerprint density at radius 2 is 1.65 bits per heavy atom. The Kier molecular flexibility index (Phi) is 6.67. The molecule has 0 saturated carbocycles. The van der Waals surface area contributed by atoms with Crippen LogP contribution in [0.1, 0.15) is 6.92 Å². The van der Waals surface area contributed by atoms with Gasteiger partial charge in [-0.05, 0) is 33.2 Å². The van der Waals surface area contributed by atoms with Crippen LogP contribution in [0.15, 0.2) is 30.3 Å². The normalized spacial score (nSPS) is 10.8. The monoisotopic (exact) mass is 235 g/mol. The number of nitrogens with zero attached hydrogens (tertiary/aromatic N) is 2. The Morgan fingerprint density at radius 1 is 1.00 bits per heavy atom. The highest BCUT2D eigenvalue weighted by Crippen LogP contribution is 2.11. The fourth-order valence-electron chi connectivity index (χ4n) is 1.75. The summed E-state index contributed by atoms with van der Waals surface area (Å²) in [6, 6.07) is 10.6. The molecule has 0 fully saturated rings. The van der Waals surface area contributed by atoms with Crippen LogP contribution in [0.5, 0.6) is 0 Å². The number of benzene rings is 1. The molecule has 0 aliphatic heterocycles. The van der Waals surface area contributed by atoms with E-state index in [0.29, 0.717) is 0 Å². The van der Waals surface area contributed by atoms with Gasteiger partial charge in [-0.1, -0.05) is 18.2 Å². The third-order valence-electron chi connectivity index (χ3n) is 2.80. The molecule has 1 aromatic rings. The molecule has 0 aliphatic rings. The van der Waals surface area contributed by atoms with Crippen molar-refractivity contribution >= 4 is 5.69 Å². The van der Waals surface area contributed by atoms with Gasteiger partial charge in [0.2, 0.25) is 0 Å². The van der Waals surface area contributed by atoms with Crippen LogP contribution in [0.3, 0.4) is 0 Å². The lowest BCUT2D eigenvalue weighted by Gasteiger charge is -2.23. The van der Waals surface area contributed by atoms with E-state index in [4.69, 9.17) is 0 Å². The van der Waals surface area contributed by atoms with E-state index in [-0.39, 0.29) is 0 Å². The molecule has 0 bridgehead atoms. The van der Waals surface area contributed by atoms with Crippen molar-refractivity contribution in [2.75, 3.05) is 51.7 Å². The Hall–Kier alpha value is -1.06. The number of hydrogen-bond donors (Lipinski definition) is 1. The molecular formula is C14H25N3. The molecule has 0 atom stereocenters. The first-order chi connectivity index (χ1) is 8.24. The van der Waals surface area contributed by atoms with Gasteiger partial charge < -0.3 is 15.1 Å². The fourth-order valence-corrected chi connectivity index (χ4v) is 1.75. The predicted octanol–water partition coefficient (Wildman–Crippen LogP) is 1.66. The van der Waals surface area contributed by atoms with E-state index >= 15 is 0 Å². The molecule has 0 aromatic heterocycles. The average molecular weight is 235 g/mol. The third kappa shape index (κ3) is 5.71. The summed E-state index contributed by atoms with van der Waals surface area (Å²) in [6.45, 7) is 7.51. The van der Waals surface area contributed by atoms with Gasteiger partial charge in [0.15, 0.2) is 0 Å². The zero-order valence-electron chi connectivity index (χ0n) is 11.3. The molecule has 1 rings (SSSR count). The molecule has 17 heavy (non-hydrogen) atoms. The van der Waals surface area contributed by atoms with Crippen molar-refractivity contribution in [2.24, 2.45) is 0 Å². The first-order valence-corrected chi connectivity index (χ1v) is 6.39. The molecule has 96 valence electrons. The summed E-state index contributed by atoms with van der Waals surface area (Å²) >= 11 is 0. The number of nitrogens with one attached hydrogen (secondary N) is 1. The van der Waals surface area contributed by atoms with E-state index in [1.807, 2.05) is 0 Å². The third-order valence-corrected chi connectivity index (χ3v) is 2.80. The maximum Gasteiger partial charge on any atom is 0.0366 e. The summed E-state index contributed by atoms with van der Waals surface area (Å²) in [4.78, 5) is 4.59. The van der Waals surface area contributed by atoms with E-state index < -0.39 is 0 Å². The molecule has 0 heterocycles. The van der Waals surface area contributed by atoms with Crippen LogP contribution in [0.4, 0.5) is 5.69 Å². The minimum atomic E-state index is 1.04. The van der Waals surface area contributed by atoms with E-state index in [0.717, 1.165) is 32.7 Å². The quantitative estimate of drug-likeness (QED) is 0.691. The van der Waals surface area contributed by atoms with E-state index in [1.54, 1.807) is 0 Å². The Balaban J connectivity index is 2.24. The molecule has 1 aromatic carbocycles. The average Bonchev–Trinajstić information content (AvgIpc) is 2.34. The molecule has 3 nitrogen and oxygen atoms in total. The van der Waals surface area contributed by atoms with Gasteiger partial charge >= 0.3 is 0 Å². The molecule has 3 heteroatoms. The molecule has 0 saturated heterocycles. The predicted molar refractivity (Wildman–Crippen MR) is 75.8 cm³/mol. The van der Waals surface area contributed by atoms with Crippen LogP contribution in [0.25, 0.3) is 0 Å². The van der Waals surface area contributed by atoms with Crippen molar-refractivity contribution < 1.29 is 0 Å². The molecule has 0 amide bonds. The highest BCUT2D eigenvalue weighted by atomic mass is 15.1. The van der Waals surface area contributed by atoms with Gasteiger partial charge in [0.05, 0.1) is 0 Å². The second-order valence-corrected chi connectivity index (χ2v) is 4.47. The highest BCUT2D eigenvalue weighted by molar-refractivity contribution is 5.45. The van der Waals surface area contributed by atoms with Gasteiger partial charge in [-0.15, -0.1) is 0 Å². The molecule has 0 unspecified atom stereocenters. The number of likely N-dealkylation sites (N-methyl/N-ethyl adjacent to an activating group) is 2. The largest absolute Gasteiger partial charge is 0.371 e. The van der Waals surface area contributed by atoms with Crippen LogP contribution < -0.4 is 10.2 Å². The lowest BCUT2D eigenvalue weighted by molar-refractivity contribution is 0.401. The Bertz CT molecular complexity index is 285. The van der Waals surface area contributed by atoms with Crippen molar-refractivity contribution in [3.63, 3.8) is 0 Å². The highest BCUT2D eigenvalue weighted by Gasteiger charge is 2.02. The minimum absolute atomic E-state index is 1.04. The Labute approximate surface area is 105 Å². The molecule has 0 spiro atoms. The molecule has 0 aliphatic carbocycles. The van der Waals surface area contributed by atoms with Crippen LogP contribution in [-0.2, 0) is 0 Å². The standard InChI is InChI=1S/C14H25N3/c1-4-17(14-8-6-5-7-9-14)13-11-15-10-12-16(2)3/h5-9,15H,4,10-13H2,1-3H3. The van der Waals surface area contributed by atoms with Crippen molar-refractivity contribution in [3.05, 3.63) is 30.3 Å². The van der Waals surface area contributed by atoms with Crippen molar-refractivity contribution in [1.29, 1.82) is 0 Å². The summed E-state index contributed by atoms with van der Waals surface area (Å²) in [6.07, 6.45) is 0. The van der Waals surface area contributed by atoms with Crippen molar-refractivity contribution in [2.45, 2.75) is 6.92 Å². The number of para-hydroxylation sites is 1. The molecule has 1 N–H and O–H groups in total. The van der Waals surface area contributed by atoms with Crippen molar-refractivity contribution in [3.8, 4) is 0 Å². The summed E-state index contributed by atoms with van der Waals surface area (Å²) < 4.78 is 0. The SMILES string of the molecule is CCN(CCNCCN(C)C)c1ccccc1. The van der Waals surface area contributed by atoms with Crippen LogP contribution >= 0.6 is 0 Å². The van der Waals surface area contributed by atoms with Crippen LogP contribution in [0, 0.1) is 0 Å². The maximum atomic E-state index is 3.47. The first-order valence-electron chi connectivity index (χ1n) is 6.39. The fraction of sp³-hybridized carbons (Fsp3) is 0.571. The number of rotatable bonds is 8. The van der Waals surface area contributed by atoms with E-state index in [2.05, 4.69) is 66.5 Å². The maximum absolute atomic E-state index is 3.47. The molecule has 0 radical (unpaired) electrons. The van der Waals surface area contributed by atoms with Gasteiger partial charge in [0, 0.05) is 38.4 Å². The number of hydrogen-bond acceptors (Lipinski definition) is 3. The second kappa shape index (κ2) is 8.09. The lowest BCUT2D eigenvalue weighted by atomic mass is 10.3. The Morgan fingerprint density at radius 3 is 2.24 bits per heavy atom. The van der Waals surface area contributed by atoms with Crippen molar-refractivity contribution in [1.82, 2.24) is 10.2 Å². The number of anilines is 1. The van der Waals surface area contributed by atoms with Crippen LogP contribution in [0.2, 0.25) is 0 Å². The smallest absolute Gasteiger partial charge is 0.0366 e. The van der Waals surface area contributed by atoms with Gasteiger partial charge in [0.25, 0.3) is 0 Å². The van der Waals surface area contributed by atoms with Gasteiger partial charge in [-0.2, -0.15) is 0 Å². The second-order valence-electron chi connectivity index (χ2n) is 4.47. The zero-order valence-corrected chi connectivity index (χ0v) is 11.3. The zero-order chi connectivity index (χ0) is 12.5. The van der Waals surface area contributed by atoms with Gasteiger partial charge in [-0.25, -0.2) is 0 Å². The lowest BCUT2D eigenvalue weighted by Crippen LogP contribution is -2.34. The molecular weight excluding hydrogens is 210 g/mol. The van der Waals surface area contributed by atoms with Gasteiger partial charge in [-0.3, -0.25) is 0 Å². The van der Waals surface area contributed by atoms with E-state index in [1.165, 1.54) is 5.69 Å². The summed E-state index contributed by atoms with van der Waals surface area (Å²) in [5.41, 5.74) is 1.31. The minimum Gasteiger partial charge on any atom is -0.371 e. The summed E-state index contributed by atoms with van der Waals surface area (Å²) in [5, 5.41) is 3.47. The van der Waals surface area contributed by atoms with Gasteiger partial charge in [0.1, 0.15) is 0 Å². The van der Waals surface area contributed by atoms with Crippen LogP contribution in [-0.4, -0.2) is 51.7 Å². The summed E-state index contributed by atoms with van der Waals surface area (Å²) in [5.74, 6) is 0.